The summed E-state index contributed by atoms with van der Waals surface area (Å²) in [5.41, 5.74) is 0.118. The Morgan fingerprint density at radius 3 is 2.84 bits per heavy atom. The summed E-state index contributed by atoms with van der Waals surface area (Å²) in [4.78, 5) is 15.8. The first-order valence-electron chi connectivity index (χ1n) is 5.42. The van der Waals surface area contributed by atoms with Crippen LogP contribution in [0.5, 0.6) is 0 Å². The average Bonchev–Trinajstić information content (AvgIpc) is 2.58. The average molecular weight is 290 g/mol. The van der Waals surface area contributed by atoms with E-state index in [2.05, 4.69) is 15.4 Å². The molecule has 6 nitrogen and oxygen atoms in total. The zero-order valence-corrected chi connectivity index (χ0v) is 14.2. The standard InChI is InChI=1S/C11H14N4O2S.Na.H/c1-11(2,3)17-10(16)13-8-6-12-7-4-5-9(18)14-15(7)8;;/h4-6H,1-3H3,(H,13,16)(H,14,18);;/q;+1;-1. The number of ether oxygens (including phenoxy) is 1. The molecule has 0 aromatic carbocycles. The molecular weight excluding hydrogens is 275 g/mol. The number of amides is 1. The van der Waals surface area contributed by atoms with E-state index in [0.717, 1.165) is 0 Å². The quantitative estimate of drug-likeness (QED) is 0.566. The Morgan fingerprint density at radius 1 is 1.53 bits per heavy atom. The van der Waals surface area contributed by atoms with E-state index in [1.807, 2.05) is 0 Å². The van der Waals surface area contributed by atoms with Crippen LogP contribution in [0.25, 0.3) is 5.65 Å². The van der Waals surface area contributed by atoms with Gasteiger partial charge in [0.2, 0.25) is 0 Å². The van der Waals surface area contributed by atoms with E-state index < -0.39 is 11.7 Å². The number of nitrogens with one attached hydrogen (secondary N) is 2. The predicted molar refractivity (Wildman–Crippen MR) is 71.3 cm³/mol. The molecule has 0 bridgehead atoms. The molecular formula is C11H15N4NaO2S. The van der Waals surface area contributed by atoms with E-state index in [-0.39, 0.29) is 31.0 Å². The molecule has 2 aromatic heterocycles. The summed E-state index contributed by atoms with van der Waals surface area (Å²) >= 11 is 5.02. The summed E-state index contributed by atoms with van der Waals surface area (Å²) in [6.45, 7) is 5.40. The third kappa shape index (κ3) is 4.31. The first-order chi connectivity index (χ1) is 8.35. The van der Waals surface area contributed by atoms with Gasteiger partial charge in [0.25, 0.3) is 0 Å². The Hall–Kier alpha value is -0.890. The van der Waals surface area contributed by atoms with E-state index in [9.17, 15) is 4.79 Å². The van der Waals surface area contributed by atoms with Gasteiger partial charge in [-0.05, 0) is 32.9 Å². The van der Waals surface area contributed by atoms with Crippen LogP contribution in [0.3, 0.4) is 0 Å². The minimum atomic E-state index is -0.544. The molecule has 2 rings (SSSR count). The summed E-state index contributed by atoms with van der Waals surface area (Å²) in [6, 6.07) is 3.49. The summed E-state index contributed by atoms with van der Waals surface area (Å²) < 4.78 is 7.30. The summed E-state index contributed by atoms with van der Waals surface area (Å²) in [7, 11) is 0. The largest absolute Gasteiger partial charge is 1.00 e. The molecule has 2 aromatic rings. The molecule has 0 aliphatic carbocycles. The van der Waals surface area contributed by atoms with E-state index >= 15 is 0 Å². The Labute approximate surface area is 139 Å². The second-order valence-electron chi connectivity index (χ2n) is 4.77. The normalized spacial score (nSPS) is 10.9. The van der Waals surface area contributed by atoms with Gasteiger partial charge in [-0.1, -0.05) is 12.2 Å². The van der Waals surface area contributed by atoms with Crippen LogP contribution in [0.4, 0.5) is 10.6 Å². The van der Waals surface area contributed by atoms with Gasteiger partial charge in [-0.15, -0.1) is 0 Å². The van der Waals surface area contributed by atoms with Crippen molar-refractivity contribution in [1.29, 1.82) is 0 Å². The molecule has 0 radical (unpaired) electrons. The van der Waals surface area contributed by atoms with Gasteiger partial charge in [0.05, 0.1) is 6.20 Å². The van der Waals surface area contributed by atoms with Crippen LogP contribution in [-0.4, -0.2) is 26.3 Å². The molecule has 0 fully saturated rings. The fourth-order valence-corrected chi connectivity index (χ4v) is 1.55. The second kappa shape index (κ2) is 6.04. The van der Waals surface area contributed by atoms with Crippen molar-refractivity contribution in [1.82, 2.24) is 14.6 Å². The van der Waals surface area contributed by atoms with Crippen LogP contribution >= 0.6 is 12.2 Å². The molecule has 1 amide bonds. The minimum Gasteiger partial charge on any atom is -1.00 e. The first-order valence-corrected chi connectivity index (χ1v) is 5.83. The number of carbonyl (C=O) groups excluding carboxylic acids is 1. The summed E-state index contributed by atoms with van der Waals surface area (Å²) in [6.07, 6.45) is 0.998. The van der Waals surface area contributed by atoms with Crippen molar-refractivity contribution in [3.63, 3.8) is 0 Å². The molecule has 0 atom stereocenters. The molecule has 2 N–H and O–H groups in total. The SMILES string of the molecule is CC(C)(C)OC(=O)Nc1cnc2ccc(=S)[nH]n12.[H-].[Na+]. The molecule has 0 unspecified atom stereocenters. The van der Waals surface area contributed by atoms with Crippen LogP contribution in [0.2, 0.25) is 0 Å². The fourth-order valence-electron chi connectivity index (χ4n) is 1.40. The van der Waals surface area contributed by atoms with Crippen molar-refractivity contribution in [3.05, 3.63) is 23.0 Å². The Morgan fingerprint density at radius 2 is 2.21 bits per heavy atom. The zero-order valence-electron chi connectivity index (χ0n) is 12.4. The molecule has 0 aliphatic rings. The monoisotopic (exact) mass is 290 g/mol. The maximum absolute atomic E-state index is 11.6. The Balaban J connectivity index is 0.00000180. The zero-order chi connectivity index (χ0) is 13.3. The Bertz CT molecular complexity index is 650. The number of carbonyl (C=O) groups is 1. The summed E-state index contributed by atoms with van der Waals surface area (Å²) in [5, 5.41) is 5.52. The van der Waals surface area contributed by atoms with Crippen LogP contribution in [0, 0.1) is 4.64 Å². The van der Waals surface area contributed by atoms with Gasteiger partial charge >= 0.3 is 35.7 Å². The van der Waals surface area contributed by atoms with Crippen LogP contribution in [0.15, 0.2) is 18.3 Å². The van der Waals surface area contributed by atoms with Gasteiger partial charge in [-0.3, -0.25) is 10.4 Å². The van der Waals surface area contributed by atoms with E-state index in [4.69, 9.17) is 17.0 Å². The van der Waals surface area contributed by atoms with Gasteiger partial charge in [0, 0.05) is 0 Å². The number of anilines is 1. The van der Waals surface area contributed by atoms with Crippen LogP contribution in [-0.2, 0) is 4.74 Å². The van der Waals surface area contributed by atoms with Gasteiger partial charge in [0.1, 0.15) is 10.2 Å². The topological polar surface area (TPSA) is 71.4 Å². The predicted octanol–water partition coefficient (Wildman–Crippen LogP) is -0.145. The van der Waals surface area contributed by atoms with Gasteiger partial charge in [0.15, 0.2) is 11.5 Å². The van der Waals surface area contributed by atoms with Crippen molar-refractivity contribution in [3.8, 4) is 0 Å². The summed E-state index contributed by atoms with van der Waals surface area (Å²) in [5.74, 6) is 0.478. The van der Waals surface area contributed by atoms with Gasteiger partial charge in [-0.2, -0.15) is 0 Å². The number of nitrogens with zero attached hydrogens (tertiary/aromatic N) is 2. The molecule has 0 saturated carbocycles. The number of H-pyrrole nitrogens is 1. The number of rotatable bonds is 1. The third-order valence-corrected chi connectivity index (χ3v) is 2.25. The first kappa shape index (κ1) is 16.2. The van der Waals surface area contributed by atoms with Crippen molar-refractivity contribution in [2.75, 3.05) is 5.32 Å². The van der Waals surface area contributed by atoms with Gasteiger partial charge < -0.3 is 6.16 Å². The molecule has 98 valence electrons. The fraction of sp³-hybridized carbons (Fsp3) is 0.364. The molecule has 0 aliphatic heterocycles. The molecule has 2 heterocycles. The van der Waals surface area contributed by atoms with Crippen molar-refractivity contribution >= 4 is 29.8 Å². The smallest absolute Gasteiger partial charge is 1.00 e. The van der Waals surface area contributed by atoms with E-state index in [1.165, 1.54) is 6.20 Å². The van der Waals surface area contributed by atoms with Crippen molar-refractivity contribution in [2.45, 2.75) is 26.4 Å². The van der Waals surface area contributed by atoms with E-state index in [1.54, 1.807) is 37.4 Å². The maximum atomic E-state index is 11.6. The maximum Gasteiger partial charge on any atom is 1.00 e. The Kier molecular flexibility index (Phi) is 5.14. The van der Waals surface area contributed by atoms with Crippen LogP contribution in [0.1, 0.15) is 22.2 Å². The number of aromatic amines is 1. The van der Waals surface area contributed by atoms with Crippen LogP contribution < -0.4 is 34.9 Å². The number of imidazole rings is 1. The van der Waals surface area contributed by atoms with E-state index in [0.29, 0.717) is 16.1 Å². The number of fused-ring (bicyclic) bond motifs is 1. The van der Waals surface area contributed by atoms with Gasteiger partial charge in [-0.25, -0.2) is 14.3 Å². The van der Waals surface area contributed by atoms with Crippen molar-refractivity contribution in [2.24, 2.45) is 0 Å². The van der Waals surface area contributed by atoms with Crippen molar-refractivity contribution < 1.29 is 40.5 Å². The second-order valence-corrected chi connectivity index (χ2v) is 5.21. The minimum absolute atomic E-state index is 0. The molecule has 19 heavy (non-hydrogen) atoms. The number of hydrogen-bond acceptors (Lipinski definition) is 4. The third-order valence-electron chi connectivity index (χ3n) is 2.02. The number of aromatic nitrogens is 3. The molecule has 0 spiro atoms. The molecule has 8 heteroatoms. The molecule has 0 saturated heterocycles. The number of hydrogen-bond donors (Lipinski definition) is 2.